The molecule has 0 saturated carbocycles. The highest BCUT2D eigenvalue weighted by Gasteiger charge is 2.19. The fourth-order valence-corrected chi connectivity index (χ4v) is 2.51. The Balaban J connectivity index is 1.87. The van der Waals surface area contributed by atoms with Gasteiger partial charge < -0.3 is 19.7 Å². The van der Waals surface area contributed by atoms with Crippen molar-refractivity contribution in [2.45, 2.75) is 33.3 Å². The lowest BCUT2D eigenvalue weighted by Crippen LogP contribution is -2.33. The normalized spacial score (nSPS) is 13.4. The van der Waals surface area contributed by atoms with Gasteiger partial charge in [0.15, 0.2) is 0 Å². The molecule has 6 nitrogen and oxygen atoms in total. The Hall–Kier alpha value is -2.34. The molecular formula is C18H24N2O4. The fraction of sp³-hybridized carbons (Fsp3) is 0.444. The molecule has 1 aromatic carbocycles. The number of aliphatic hydroxyl groups excluding tert-OH is 1. The Bertz CT molecular complexity index is 659. The number of nitrogens with one attached hydrogen (secondary N) is 1. The van der Waals surface area contributed by atoms with Crippen molar-refractivity contribution in [3.8, 4) is 5.75 Å². The number of ether oxygens (including phenoxy) is 1. The van der Waals surface area contributed by atoms with Crippen molar-refractivity contribution >= 4 is 5.91 Å². The second kappa shape index (κ2) is 7.97. The highest BCUT2D eigenvalue weighted by molar-refractivity contribution is 5.78. The van der Waals surface area contributed by atoms with Gasteiger partial charge >= 0.3 is 0 Å². The topological polar surface area (TPSA) is 84.6 Å². The molecule has 2 N–H and O–H groups in total. The fourth-order valence-electron chi connectivity index (χ4n) is 2.51. The molecule has 1 heterocycles. The van der Waals surface area contributed by atoms with Crippen LogP contribution in [0.15, 0.2) is 28.8 Å². The van der Waals surface area contributed by atoms with Crippen LogP contribution in [0.1, 0.15) is 35.6 Å². The molecule has 2 aromatic rings. The zero-order valence-electron chi connectivity index (χ0n) is 14.5. The number of carbonyl (C=O) groups is 1. The number of hydrogen-bond acceptors (Lipinski definition) is 5. The van der Waals surface area contributed by atoms with Crippen LogP contribution in [0.5, 0.6) is 5.75 Å². The van der Waals surface area contributed by atoms with E-state index in [2.05, 4.69) is 10.5 Å². The maximum Gasteiger partial charge on any atom is 0.223 e. The molecule has 2 atom stereocenters. The summed E-state index contributed by atoms with van der Waals surface area (Å²) in [6, 6.07) is 7.12. The van der Waals surface area contributed by atoms with Gasteiger partial charge in [0.25, 0.3) is 0 Å². The van der Waals surface area contributed by atoms with Crippen molar-refractivity contribution in [2.24, 2.45) is 5.92 Å². The van der Waals surface area contributed by atoms with E-state index in [1.54, 1.807) is 31.4 Å². The van der Waals surface area contributed by atoms with Crippen LogP contribution in [0, 0.1) is 19.8 Å². The first-order valence-corrected chi connectivity index (χ1v) is 7.93. The van der Waals surface area contributed by atoms with Crippen LogP contribution in [0.3, 0.4) is 0 Å². The molecule has 1 aromatic heterocycles. The van der Waals surface area contributed by atoms with Crippen LogP contribution in [-0.2, 0) is 11.2 Å². The maximum atomic E-state index is 12.2. The molecule has 0 aliphatic heterocycles. The smallest absolute Gasteiger partial charge is 0.223 e. The van der Waals surface area contributed by atoms with Crippen LogP contribution in [-0.4, -0.2) is 29.8 Å². The summed E-state index contributed by atoms with van der Waals surface area (Å²) >= 11 is 0. The molecule has 0 saturated heterocycles. The third kappa shape index (κ3) is 4.35. The Morgan fingerprint density at radius 1 is 1.33 bits per heavy atom. The molecule has 0 aliphatic rings. The Morgan fingerprint density at radius 2 is 2.00 bits per heavy atom. The van der Waals surface area contributed by atoms with E-state index in [9.17, 15) is 9.90 Å². The van der Waals surface area contributed by atoms with Gasteiger partial charge in [-0.25, -0.2) is 0 Å². The second-order valence-corrected chi connectivity index (χ2v) is 5.94. The molecular weight excluding hydrogens is 308 g/mol. The van der Waals surface area contributed by atoms with E-state index in [0.29, 0.717) is 6.42 Å². The Morgan fingerprint density at radius 3 is 2.54 bits per heavy atom. The quantitative estimate of drug-likeness (QED) is 0.813. The molecule has 130 valence electrons. The molecule has 1 amide bonds. The summed E-state index contributed by atoms with van der Waals surface area (Å²) < 4.78 is 10.2. The summed E-state index contributed by atoms with van der Waals surface area (Å²) in [7, 11) is 1.59. The van der Waals surface area contributed by atoms with Gasteiger partial charge in [0, 0.05) is 18.0 Å². The summed E-state index contributed by atoms with van der Waals surface area (Å²) in [5.74, 6) is 1.13. The van der Waals surface area contributed by atoms with Crippen molar-refractivity contribution in [3.05, 3.63) is 46.8 Å². The summed E-state index contributed by atoms with van der Waals surface area (Å²) in [6.45, 7) is 5.72. The SMILES string of the molecule is COc1ccc(C(O)CNC(=O)C(C)Cc2c(C)noc2C)cc1. The van der Waals surface area contributed by atoms with Crippen LogP contribution >= 0.6 is 0 Å². The molecule has 0 spiro atoms. The first kappa shape index (κ1) is 18.0. The number of benzene rings is 1. The van der Waals surface area contributed by atoms with Crippen LogP contribution in [0.4, 0.5) is 0 Å². The first-order valence-electron chi connectivity index (χ1n) is 7.93. The number of aliphatic hydroxyl groups is 1. The Labute approximate surface area is 141 Å². The monoisotopic (exact) mass is 332 g/mol. The number of aromatic nitrogens is 1. The molecule has 0 fully saturated rings. The van der Waals surface area contributed by atoms with Crippen molar-refractivity contribution in [1.29, 1.82) is 0 Å². The lowest BCUT2D eigenvalue weighted by atomic mass is 9.99. The molecule has 2 unspecified atom stereocenters. The predicted octanol–water partition coefficient (Wildman–Crippen LogP) is 2.33. The number of methoxy groups -OCH3 is 1. The molecule has 24 heavy (non-hydrogen) atoms. The third-order valence-electron chi connectivity index (χ3n) is 4.11. The van der Waals surface area contributed by atoms with Crippen LogP contribution < -0.4 is 10.1 Å². The molecule has 0 aliphatic carbocycles. The second-order valence-electron chi connectivity index (χ2n) is 5.94. The average molecular weight is 332 g/mol. The third-order valence-corrected chi connectivity index (χ3v) is 4.11. The zero-order valence-corrected chi connectivity index (χ0v) is 14.5. The summed E-state index contributed by atoms with van der Waals surface area (Å²) in [5.41, 5.74) is 2.51. The number of amides is 1. The standard InChI is InChI=1S/C18H24N2O4/c1-11(9-16-12(2)20-24-13(16)3)18(22)19-10-17(21)14-5-7-15(23-4)8-6-14/h5-8,11,17,21H,9-10H2,1-4H3,(H,19,22). The van der Waals surface area contributed by atoms with E-state index in [4.69, 9.17) is 9.26 Å². The maximum absolute atomic E-state index is 12.2. The zero-order chi connectivity index (χ0) is 17.7. The minimum atomic E-state index is -0.758. The van der Waals surface area contributed by atoms with E-state index in [1.165, 1.54) is 0 Å². The lowest BCUT2D eigenvalue weighted by molar-refractivity contribution is -0.124. The lowest BCUT2D eigenvalue weighted by Gasteiger charge is -2.16. The average Bonchev–Trinajstić information content (AvgIpc) is 2.91. The highest BCUT2D eigenvalue weighted by atomic mass is 16.5. The Kier molecular flexibility index (Phi) is 5.98. The van der Waals surface area contributed by atoms with Gasteiger partial charge in [0.05, 0.1) is 18.9 Å². The first-order chi connectivity index (χ1) is 11.4. The summed E-state index contributed by atoms with van der Waals surface area (Å²) in [5, 5.41) is 16.9. The van der Waals surface area contributed by atoms with E-state index < -0.39 is 6.10 Å². The van der Waals surface area contributed by atoms with Crippen molar-refractivity contribution in [3.63, 3.8) is 0 Å². The molecule has 6 heteroatoms. The number of hydrogen-bond donors (Lipinski definition) is 2. The van der Waals surface area contributed by atoms with Gasteiger partial charge in [-0.15, -0.1) is 0 Å². The van der Waals surface area contributed by atoms with E-state index >= 15 is 0 Å². The molecule has 2 rings (SSSR count). The van der Waals surface area contributed by atoms with Crippen molar-refractivity contribution in [1.82, 2.24) is 10.5 Å². The molecule has 0 bridgehead atoms. The van der Waals surface area contributed by atoms with Crippen LogP contribution in [0.2, 0.25) is 0 Å². The van der Waals surface area contributed by atoms with Crippen molar-refractivity contribution < 1.29 is 19.2 Å². The van der Waals surface area contributed by atoms with Crippen molar-refractivity contribution in [2.75, 3.05) is 13.7 Å². The summed E-state index contributed by atoms with van der Waals surface area (Å²) in [6.07, 6.45) is -0.197. The van der Waals surface area contributed by atoms with Gasteiger partial charge in [-0.1, -0.05) is 24.2 Å². The van der Waals surface area contributed by atoms with Gasteiger partial charge in [-0.2, -0.15) is 0 Å². The minimum Gasteiger partial charge on any atom is -0.497 e. The van der Waals surface area contributed by atoms with E-state index in [1.807, 2.05) is 20.8 Å². The number of carbonyl (C=O) groups excluding carboxylic acids is 1. The van der Waals surface area contributed by atoms with Crippen LogP contribution in [0.25, 0.3) is 0 Å². The predicted molar refractivity (Wildman–Crippen MR) is 89.8 cm³/mol. The largest absolute Gasteiger partial charge is 0.497 e. The van der Waals surface area contributed by atoms with E-state index in [-0.39, 0.29) is 18.4 Å². The van der Waals surface area contributed by atoms with E-state index in [0.717, 1.165) is 28.3 Å². The van der Waals surface area contributed by atoms with Gasteiger partial charge in [0.1, 0.15) is 11.5 Å². The number of rotatable bonds is 7. The number of nitrogens with zero attached hydrogens (tertiary/aromatic N) is 1. The number of aryl methyl sites for hydroxylation is 2. The highest BCUT2D eigenvalue weighted by Crippen LogP contribution is 2.19. The van der Waals surface area contributed by atoms with Gasteiger partial charge in [0.2, 0.25) is 5.91 Å². The summed E-state index contributed by atoms with van der Waals surface area (Å²) in [4.78, 5) is 12.2. The van der Waals surface area contributed by atoms with Gasteiger partial charge in [-0.05, 0) is 38.0 Å². The minimum absolute atomic E-state index is 0.109. The van der Waals surface area contributed by atoms with Gasteiger partial charge in [-0.3, -0.25) is 4.79 Å². The molecule has 0 radical (unpaired) electrons.